The molecule has 0 bridgehead atoms. The van der Waals surface area contributed by atoms with Crippen LogP contribution >= 0.6 is 0 Å². The van der Waals surface area contributed by atoms with E-state index < -0.39 is 12.1 Å². The van der Waals surface area contributed by atoms with Crippen LogP contribution in [0.15, 0.2) is 0 Å². The molecule has 1 N–H and O–H groups in total. The highest BCUT2D eigenvalue weighted by Crippen LogP contribution is 2.20. The second kappa shape index (κ2) is 6.86. The molecule has 1 fully saturated rings. The Labute approximate surface area is 97.6 Å². The molecule has 0 aromatic rings. The quantitative estimate of drug-likeness (QED) is 0.722. The maximum Gasteiger partial charge on any atom is 0.332 e. The highest BCUT2D eigenvalue weighted by Gasteiger charge is 2.30. The Bertz CT molecular complexity index is 220. The van der Waals surface area contributed by atoms with E-state index in [1.807, 2.05) is 0 Å². The van der Waals surface area contributed by atoms with Crippen LogP contribution in [0.5, 0.6) is 0 Å². The van der Waals surface area contributed by atoms with Gasteiger partial charge in [0, 0.05) is 6.54 Å². The van der Waals surface area contributed by atoms with E-state index in [1.54, 1.807) is 0 Å². The SMILES string of the molecule is CCCCN(CC)CC1CCC(C(=O)O)O1. The van der Waals surface area contributed by atoms with Gasteiger partial charge in [0.1, 0.15) is 0 Å². The molecule has 1 saturated heterocycles. The number of carboxylic acid groups (broad SMARTS) is 1. The largest absolute Gasteiger partial charge is 0.479 e. The number of unbranched alkanes of at least 4 members (excludes halogenated alkanes) is 1. The first-order chi connectivity index (χ1) is 7.67. The summed E-state index contributed by atoms with van der Waals surface area (Å²) < 4.78 is 5.49. The van der Waals surface area contributed by atoms with Crippen LogP contribution in [-0.4, -0.2) is 47.8 Å². The molecular weight excluding hydrogens is 206 g/mol. The van der Waals surface area contributed by atoms with Crippen LogP contribution in [0.2, 0.25) is 0 Å². The molecule has 0 spiro atoms. The first kappa shape index (κ1) is 13.5. The molecule has 2 unspecified atom stereocenters. The fourth-order valence-corrected chi connectivity index (χ4v) is 2.07. The molecule has 1 rings (SSSR count). The van der Waals surface area contributed by atoms with Gasteiger partial charge in [-0.15, -0.1) is 0 Å². The molecule has 2 atom stereocenters. The number of aliphatic carboxylic acids is 1. The van der Waals surface area contributed by atoms with E-state index in [0.717, 1.165) is 26.1 Å². The van der Waals surface area contributed by atoms with Crippen molar-refractivity contribution in [2.24, 2.45) is 0 Å². The molecule has 1 aliphatic rings. The molecule has 0 saturated carbocycles. The Morgan fingerprint density at radius 1 is 1.44 bits per heavy atom. The normalized spacial score (nSPS) is 25.2. The Kier molecular flexibility index (Phi) is 5.77. The van der Waals surface area contributed by atoms with E-state index in [4.69, 9.17) is 9.84 Å². The van der Waals surface area contributed by atoms with E-state index >= 15 is 0 Å². The molecular formula is C12H23NO3. The molecule has 16 heavy (non-hydrogen) atoms. The fraction of sp³-hybridized carbons (Fsp3) is 0.917. The monoisotopic (exact) mass is 229 g/mol. The average molecular weight is 229 g/mol. The third-order valence-corrected chi connectivity index (χ3v) is 3.12. The minimum atomic E-state index is -0.820. The minimum absolute atomic E-state index is 0.109. The molecule has 94 valence electrons. The van der Waals surface area contributed by atoms with Gasteiger partial charge in [-0.05, 0) is 32.4 Å². The molecule has 1 heterocycles. The van der Waals surface area contributed by atoms with Gasteiger partial charge < -0.3 is 14.7 Å². The molecule has 0 aromatic heterocycles. The number of likely N-dealkylation sites (N-methyl/N-ethyl adjacent to an activating group) is 1. The summed E-state index contributed by atoms with van der Waals surface area (Å²) in [5, 5.41) is 8.83. The van der Waals surface area contributed by atoms with Crippen LogP contribution < -0.4 is 0 Å². The Hall–Kier alpha value is -0.610. The second-order valence-electron chi connectivity index (χ2n) is 4.41. The number of hydrogen-bond donors (Lipinski definition) is 1. The molecule has 0 radical (unpaired) electrons. The third-order valence-electron chi connectivity index (χ3n) is 3.12. The summed E-state index contributed by atoms with van der Waals surface area (Å²) in [6.45, 7) is 7.29. The van der Waals surface area contributed by atoms with Crippen molar-refractivity contribution in [1.29, 1.82) is 0 Å². The highest BCUT2D eigenvalue weighted by atomic mass is 16.5. The van der Waals surface area contributed by atoms with Gasteiger partial charge in [0.05, 0.1) is 6.10 Å². The lowest BCUT2D eigenvalue weighted by Crippen LogP contribution is -2.34. The molecule has 0 amide bonds. The zero-order chi connectivity index (χ0) is 12.0. The second-order valence-corrected chi connectivity index (χ2v) is 4.41. The summed E-state index contributed by atoms with van der Waals surface area (Å²) >= 11 is 0. The molecule has 0 aliphatic carbocycles. The maximum absolute atomic E-state index is 10.7. The van der Waals surface area contributed by atoms with Gasteiger partial charge in [0.25, 0.3) is 0 Å². The smallest absolute Gasteiger partial charge is 0.332 e. The standard InChI is InChI=1S/C12H23NO3/c1-3-5-8-13(4-2)9-10-6-7-11(16-10)12(14)15/h10-11H,3-9H2,1-2H3,(H,14,15). The molecule has 0 aromatic carbocycles. The lowest BCUT2D eigenvalue weighted by Gasteiger charge is -2.23. The first-order valence-corrected chi connectivity index (χ1v) is 6.28. The predicted molar refractivity (Wildman–Crippen MR) is 62.6 cm³/mol. The van der Waals surface area contributed by atoms with Gasteiger partial charge in [-0.3, -0.25) is 0 Å². The Morgan fingerprint density at radius 2 is 2.19 bits per heavy atom. The zero-order valence-electron chi connectivity index (χ0n) is 10.3. The summed E-state index contributed by atoms with van der Waals surface area (Å²) in [6.07, 6.45) is 3.46. The topological polar surface area (TPSA) is 49.8 Å². The van der Waals surface area contributed by atoms with Crippen molar-refractivity contribution in [3.05, 3.63) is 0 Å². The summed E-state index contributed by atoms with van der Waals surface area (Å²) in [7, 11) is 0. The first-order valence-electron chi connectivity index (χ1n) is 6.28. The van der Waals surface area contributed by atoms with Crippen LogP contribution in [0.25, 0.3) is 0 Å². The van der Waals surface area contributed by atoms with Crippen LogP contribution in [0.4, 0.5) is 0 Å². The minimum Gasteiger partial charge on any atom is -0.479 e. The Balaban J connectivity index is 2.28. The zero-order valence-corrected chi connectivity index (χ0v) is 10.3. The summed E-state index contributed by atoms with van der Waals surface area (Å²) in [5.74, 6) is -0.820. The van der Waals surface area contributed by atoms with E-state index in [0.29, 0.717) is 6.42 Å². The van der Waals surface area contributed by atoms with Crippen molar-refractivity contribution in [1.82, 2.24) is 4.90 Å². The van der Waals surface area contributed by atoms with E-state index in [-0.39, 0.29) is 6.10 Å². The lowest BCUT2D eigenvalue weighted by molar-refractivity contribution is -0.149. The highest BCUT2D eigenvalue weighted by molar-refractivity contribution is 5.72. The third kappa shape index (κ3) is 4.10. The van der Waals surface area contributed by atoms with Crippen molar-refractivity contribution in [3.63, 3.8) is 0 Å². The van der Waals surface area contributed by atoms with Gasteiger partial charge in [0.2, 0.25) is 0 Å². The van der Waals surface area contributed by atoms with Crippen LogP contribution in [0.1, 0.15) is 39.5 Å². The number of hydrogen-bond acceptors (Lipinski definition) is 3. The number of nitrogens with zero attached hydrogens (tertiary/aromatic N) is 1. The molecule has 4 heteroatoms. The lowest BCUT2D eigenvalue weighted by atomic mass is 10.2. The number of carbonyl (C=O) groups is 1. The van der Waals surface area contributed by atoms with E-state index in [1.165, 1.54) is 12.8 Å². The van der Waals surface area contributed by atoms with E-state index in [9.17, 15) is 4.79 Å². The number of ether oxygens (including phenoxy) is 1. The fourth-order valence-electron chi connectivity index (χ4n) is 2.07. The summed E-state index contributed by atoms with van der Waals surface area (Å²) in [4.78, 5) is 13.1. The Morgan fingerprint density at radius 3 is 2.69 bits per heavy atom. The van der Waals surface area contributed by atoms with Gasteiger partial charge in [-0.1, -0.05) is 20.3 Å². The van der Waals surface area contributed by atoms with Crippen molar-refractivity contribution in [2.75, 3.05) is 19.6 Å². The average Bonchev–Trinajstić information content (AvgIpc) is 2.72. The molecule has 4 nitrogen and oxygen atoms in total. The molecule has 1 aliphatic heterocycles. The maximum atomic E-state index is 10.7. The number of carboxylic acids is 1. The van der Waals surface area contributed by atoms with Gasteiger partial charge in [-0.25, -0.2) is 4.79 Å². The van der Waals surface area contributed by atoms with Crippen LogP contribution in [0.3, 0.4) is 0 Å². The van der Waals surface area contributed by atoms with Crippen molar-refractivity contribution >= 4 is 5.97 Å². The van der Waals surface area contributed by atoms with Crippen molar-refractivity contribution in [3.8, 4) is 0 Å². The van der Waals surface area contributed by atoms with Gasteiger partial charge >= 0.3 is 5.97 Å². The van der Waals surface area contributed by atoms with Crippen LogP contribution in [-0.2, 0) is 9.53 Å². The van der Waals surface area contributed by atoms with E-state index in [2.05, 4.69) is 18.7 Å². The predicted octanol–water partition coefficient (Wildman–Crippen LogP) is 1.74. The van der Waals surface area contributed by atoms with Crippen molar-refractivity contribution in [2.45, 2.75) is 51.7 Å². The number of rotatable bonds is 7. The summed E-state index contributed by atoms with van der Waals surface area (Å²) in [5.41, 5.74) is 0. The summed E-state index contributed by atoms with van der Waals surface area (Å²) in [6, 6.07) is 0. The van der Waals surface area contributed by atoms with Crippen molar-refractivity contribution < 1.29 is 14.6 Å². The van der Waals surface area contributed by atoms with Crippen LogP contribution in [0, 0.1) is 0 Å². The van der Waals surface area contributed by atoms with Gasteiger partial charge in [0.15, 0.2) is 6.10 Å². The van der Waals surface area contributed by atoms with Gasteiger partial charge in [-0.2, -0.15) is 0 Å².